The van der Waals surface area contributed by atoms with E-state index in [9.17, 15) is 9.90 Å². The molecule has 0 saturated heterocycles. The summed E-state index contributed by atoms with van der Waals surface area (Å²) in [6.07, 6.45) is 0.752. The number of nitrogens with one attached hydrogen (secondary N) is 1. The number of hydrogen-bond donors (Lipinski definition) is 2. The zero-order valence-electron chi connectivity index (χ0n) is 13.0. The Kier molecular flexibility index (Phi) is 4.44. The zero-order valence-corrected chi connectivity index (χ0v) is 13.0. The second-order valence-electron chi connectivity index (χ2n) is 5.33. The summed E-state index contributed by atoms with van der Waals surface area (Å²) in [5.74, 6) is -0.945. The van der Waals surface area contributed by atoms with Gasteiger partial charge in [0, 0.05) is 17.4 Å². The van der Waals surface area contributed by atoms with Crippen LogP contribution in [0.4, 0.5) is 0 Å². The number of carboxylic acid groups (broad SMARTS) is 1. The average Bonchev–Trinajstić information content (AvgIpc) is 2.97. The minimum Gasteiger partial charge on any atom is -0.477 e. The molecule has 1 heterocycles. The molecule has 0 spiro atoms. The van der Waals surface area contributed by atoms with E-state index < -0.39 is 5.97 Å². The van der Waals surface area contributed by atoms with Crippen LogP contribution in [0, 0.1) is 0 Å². The van der Waals surface area contributed by atoms with Gasteiger partial charge in [-0.3, -0.25) is 0 Å². The largest absolute Gasteiger partial charge is 0.477 e. The van der Waals surface area contributed by atoms with E-state index in [1.807, 2.05) is 55.5 Å². The number of rotatable bonds is 6. The molecule has 0 amide bonds. The fourth-order valence-corrected chi connectivity index (χ4v) is 2.88. The molecule has 0 aliphatic heterocycles. The molecular formula is C19H19NO3. The van der Waals surface area contributed by atoms with E-state index in [1.54, 1.807) is 0 Å². The number of H-pyrrole nitrogens is 1. The Labute approximate surface area is 134 Å². The van der Waals surface area contributed by atoms with Crippen LogP contribution in [0.25, 0.3) is 22.0 Å². The summed E-state index contributed by atoms with van der Waals surface area (Å²) < 4.78 is 5.46. The normalized spacial score (nSPS) is 11.0. The Morgan fingerprint density at radius 1 is 1.13 bits per heavy atom. The highest BCUT2D eigenvalue weighted by atomic mass is 16.5. The molecule has 4 nitrogen and oxygen atoms in total. The van der Waals surface area contributed by atoms with Crippen LogP contribution in [0.15, 0.2) is 48.5 Å². The molecule has 0 bridgehead atoms. The van der Waals surface area contributed by atoms with Crippen LogP contribution < -0.4 is 0 Å². The molecule has 1 aromatic heterocycles. The van der Waals surface area contributed by atoms with Crippen LogP contribution in [0.3, 0.4) is 0 Å². The minimum atomic E-state index is -0.945. The smallest absolute Gasteiger partial charge is 0.352 e. The zero-order chi connectivity index (χ0) is 16.2. The number of aromatic carboxylic acids is 1. The highest BCUT2D eigenvalue weighted by molar-refractivity contribution is 6.09. The third-order valence-corrected chi connectivity index (χ3v) is 3.92. The number of aromatic nitrogens is 1. The molecule has 2 N–H and O–H groups in total. The van der Waals surface area contributed by atoms with E-state index in [2.05, 4.69) is 4.98 Å². The summed E-state index contributed by atoms with van der Waals surface area (Å²) in [7, 11) is 0. The van der Waals surface area contributed by atoms with Crippen LogP contribution in [0.1, 0.15) is 23.0 Å². The fourth-order valence-electron chi connectivity index (χ4n) is 2.88. The van der Waals surface area contributed by atoms with Gasteiger partial charge in [0.15, 0.2) is 0 Å². The topological polar surface area (TPSA) is 62.3 Å². The molecule has 0 atom stereocenters. The first-order valence-corrected chi connectivity index (χ1v) is 7.72. The van der Waals surface area contributed by atoms with E-state index in [1.165, 1.54) is 0 Å². The van der Waals surface area contributed by atoms with Gasteiger partial charge in [0.2, 0.25) is 0 Å². The van der Waals surface area contributed by atoms with Crippen molar-refractivity contribution in [1.82, 2.24) is 4.98 Å². The van der Waals surface area contributed by atoms with Gasteiger partial charge in [-0.05, 0) is 24.5 Å². The standard InChI is InChI=1S/C19H19NO3/c1-2-23-12-11-13-9-6-10-15-16(13)17(20-18(15)19(21)22)14-7-4-3-5-8-14/h3-10,20H,2,11-12H2,1H3,(H,21,22). The maximum absolute atomic E-state index is 11.6. The third kappa shape index (κ3) is 2.98. The number of carbonyl (C=O) groups is 1. The summed E-state index contributed by atoms with van der Waals surface area (Å²) in [6, 6.07) is 15.6. The van der Waals surface area contributed by atoms with Gasteiger partial charge in [-0.1, -0.05) is 48.5 Å². The van der Waals surface area contributed by atoms with Crippen molar-refractivity contribution in [2.45, 2.75) is 13.3 Å². The van der Waals surface area contributed by atoms with Crippen molar-refractivity contribution >= 4 is 16.7 Å². The Morgan fingerprint density at radius 3 is 2.61 bits per heavy atom. The number of aromatic amines is 1. The second-order valence-corrected chi connectivity index (χ2v) is 5.33. The van der Waals surface area contributed by atoms with Gasteiger partial charge >= 0.3 is 5.97 Å². The molecule has 0 aliphatic rings. The predicted octanol–water partition coefficient (Wildman–Crippen LogP) is 4.11. The van der Waals surface area contributed by atoms with Crippen molar-refractivity contribution in [2.24, 2.45) is 0 Å². The molecule has 4 heteroatoms. The Hall–Kier alpha value is -2.59. The van der Waals surface area contributed by atoms with Gasteiger partial charge < -0.3 is 14.8 Å². The van der Waals surface area contributed by atoms with E-state index in [4.69, 9.17) is 4.74 Å². The first kappa shape index (κ1) is 15.3. The van der Waals surface area contributed by atoms with Crippen molar-refractivity contribution in [3.05, 3.63) is 59.8 Å². The van der Waals surface area contributed by atoms with Crippen LogP contribution >= 0.6 is 0 Å². The van der Waals surface area contributed by atoms with Gasteiger partial charge in [0.25, 0.3) is 0 Å². The minimum absolute atomic E-state index is 0.233. The first-order chi connectivity index (χ1) is 11.2. The molecule has 0 saturated carbocycles. The van der Waals surface area contributed by atoms with Crippen molar-refractivity contribution in [1.29, 1.82) is 0 Å². The summed E-state index contributed by atoms with van der Waals surface area (Å²) in [4.78, 5) is 14.7. The average molecular weight is 309 g/mol. The van der Waals surface area contributed by atoms with E-state index in [-0.39, 0.29) is 5.69 Å². The van der Waals surface area contributed by atoms with Crippen LogP contribution in [0.5, 0.6) is 0 Å². The predicted molar refractivity (Wildman–Crippen MR) is 90.9 cm³/mol. The summed E-state index contributed by atoms with van der Waals surface area (Å²) in [5.41, 5.74) is 3.16. The van der Waals surface area contributed by atoms with Crippen LogP contribution in [-0.2, 0) is 11.2 Å². The van der Waals surface area contributed by atoms with Crippen LogP contribution in [0.2, 0.25) is 0 Å². The number of carboxylic acids is 1. The molecule has 0 unspecified atom stereocenters. The van der Waals surface area contributed by atoms with Gasteiger partial charge in [0.05, 0.1) is 12.3 Å². The number of benzene rings is 2. The molecule has 3 aromatic rings. The Bertz CT molecular complexity index is 821. The fraction of sp³-hybridized carbons (Fsp3) is 0.211. The van der Waals surface area contributed by atoms with Gasteiger partial charge in [-0.2, -0.15) is 0 Å². The lowest BCUT2D eigenvalue weighted by atomic mass is 10.00. The van der Waals surface area contributed by atoms with Gasteiger partial charge in [0.1, 0.15) is 5.69 Å². The lowest BCUT2D eigenvalue weighted by Crippen LogP contribution is -1.99. The molecule has 23 heavy (non-hydrogen) atoms. The summed E-state index contributed by atoms with van der Waals surface area (Å²) in [5, 5.41) is 11.2. The lowest BCUT2D eigenvalue weighted by molar-refractivity contribution is 0.0693. The van der Waals surface area contributed by atoms with Crippen molar-refractivity contribution in [2.75, 3.05) is 13.2 Å². The molecule has 118 valence electrons. The third-order valence-electron chi connectivity index (χ3n) is 3.92. The number of ether oxygens (including phenoxy) is 1. The Balaban J connectivity index is 2.19. The number of hydrogen-bond acceptors (Lipinski definition) is 2. The van der Waals surface area contributed by atoms with E-state index in [0.29, 0.717) is 13.2 Å². The monoisotopic (exact) mass is 309 g/mol. The Morgan fingerprint density at radius 2 is 1.91 bits per heavy atom. The lowest BCUT2D eigenvalue weighted by Gasteiger charge is -2.07. The van der Waals surface area contributed by atoms with Crippen molar-refractivity contribution in [3.8, 4) is 11.3 Å². The molecule has 0 radical (unpaired) electrons. The summed E-state index contributed by atoms with van der Waals surface area (Å²) in [6.45, 7) is 3.27. The highest BCUT2D eigenvalue weighted by Gasteiger charge is 2.18. The summed E-state index contributed by atoms with van der Waals surface area (Å²) >= 11 is 0. The highest BCUT2D eigenvalue weighted by Crippen LogP contribution is 2.33. The van der Waals surface area contributed by atoms with Crippen LogP contribution in [-0.4, -0.2) is 29.3 Å². The molecule has 2 aromatic carbocycles. The van der Waals surface area contributed by atoms with Crippen molar-refractivity contribution < 1.29 is 14.6 Å². The second kappa shape index (κ2) is 6.67. The van der Waals surface area contributed by atoms with Crippen molar-refractivity contribution in [3.63, 3.8) is 0 Å². The first-order valence-electron chi connectivity index (χ1n) is 7.72. The van der Waals surface area contributed by atoms with Gasteiger partial charge in [-0.15, -0.1) is 0 Å². The molecule has 0 fully saturated rings. The maximum Gasteiger partial charge on any atom is 0.352 e. The SMILES string of the molecule is CCOCCc1cccc2c(C(=O)O)[nH]c(-c3ccccc3)c12. The molecule has 3 rings (SSSR count). The molecule has 0 aliphatic carbocycles. The van der Waals surface area contributed by atoms with Gasteiger partial charge in [-0.25, -0.2) is 4.79 Å². The maximum atomic E-state index is 11.6. The van der Waals surface area contributed by atoms with E-state index >= 15 is 0 Å². The quantitative estimate of drug-likeness (QED) is 0.673. The number of fused-ring (bicyclic) bond motifs is 1. The van der Waals surface area contributed by atoms with E-state index in [0.717, 1.165) is 34.0 Å². The molecular weight excluding hydrogens is 290 g/mol.